The first-order valence-electron chi connectivity index (χ1n) is 7.14. The van der Waals surface area contributed by atoms with Gasteiger partial charge in [0, 0.05) is 16.6 Å². The Hall–Kier alpha value is -1.65. The van der Waals surface area contributed by atoms with Gasteiger partial charge in [-0.25, -0.2) is 0 Å². The molecule has 3 N–H and O–H groups in total. The summed E-state index contributed by atoms with van der Waals surface area (Å²) in [5, 5.41) is 0. The lowest BCUT2D eigenvalue weighted by Gasteiger charge is -2.18. The summed E-state index contributed by atoms with van der Waals surface area (Å²) in [6.07, 6.45) is 0.799. The number of anilines is 1. The van der Waals surface area contributed by atoms with Crippen molar-refractivity contribution in [2.24, 2.45) is 0 Å². The van der Waals surface area contributed by atoms with E-state index in [-0.39, 0.29) is 11.8 Å². The monoisotopic (exact) mass is 345 g/mol. The van der Waals surface area contributed by atoms with Gasteiger partial charge in [-0.2, -0.15) is 0 Å². The Morgan fingerprint density at radius 2 is 1.90 bits per heavy atom. The van der Waals surface area contributed by atoms with Gasteiger partial charge in [0.15, 0.2) is 0 Å². The summed E-state index contributed by atoms with van der Waals surface area (Å²) >= 11 is 3.50. The molecule has 4 heteroatoms. The van der Waals surface area contributed by atoms with Gasteiger partial charge < -0.3 is 10.6 Å². The lowest BCUT2D eigenvalue weighted by Crippen LogP contribution is -2.51. The van der Waals surface area contributed by atoms with E-state index in [1.54, 1.807) is 0 Å². The zero-order chi connectivity index (χ0) is 14.8. The summed E-state index contributed by atoms with van der Waals surface area (Å²) in [6.45, 7) is 1.39. The first-order chi connectivity index (χ1) is 10.2. The molecule has 3 nitrogen and oxygen atoms in total. The van der Waals surface area contributed by atoms with E-state index in [0.29, 0.717) is 6.54 Å². The molecule has 108 valence electrons. The van der Waals surface area contributed by atoms with Crippen molar-refractivity contribution in [2.75, 3.05) is 11.4 Å². The number of fused-ring (bicyclic) bond motifs is 1. The van der Waals surface area contributed by atoms with Crippen molar-refractivity contribution in [1.29, 1.82) is 0 Å². The van der Waals surface area contributed by atoms with E-state index in [1.807, 2.05) is 35.2 Å². The van der Waals surface area contributed by atoms with Crippen molar-refractivity contribution in [3.63, 3.8) is 0 Å². The number of rotatable bonds is 4. The van der Waals surface area contributed by atoms with E-state index in [2.05, 4.69) is 39.9 Å². The molecule has 1 heterocycles. The topological polar surface area (TPSA) is 48.0 Å². The average Bonchev–Trinajstić information content (AvgIpc) is 2.74. The van der Waals surface area contributed by atoms with Gasteiger partial charge in [0.25, 0.3) is 0 Å². The molecule has 1 amide bonds. The minimum absolute atomic E-state index is 0.0567. The maximum atomic E-state index is 12.8. The van der Waals surface area contributed by atoms with Crippen LogP contribution in [0.2, 0.25) is 0 Å². The van der Waals surface area contributed by atoms with Gasteiger partial charge in [-0.3, -0.25) is 4.79 Å². The molecule has 0 fully saturated rings. The van der Waals surface area contributed by atoms with E-state index in [4.69, 9.17) is 0 Å². The third-order valence-electron chi connectivity index (χ3n) is 3.90. The largest absolute Gasteiger partial charge is 0.358 e. The lowest BCUT2D eigenvalue weighted by atomic mass is 9.97. The highest BCUT2D eigenvalue weighted by Crippen LogP contribution is 2.41. The minimum Gasteiger partial charge on any atom is -0.358 e. The van der Waals surface area contributed by atoms with Crippen LogP contribution < -0.4 is 10.6 Å². The van der Waals surface area contributed by atoms with Gasteiger partial charge >= 0.3 is 0 Å². The zero-order valence-electron chi connectivity index (χ0n) is 11.8. The highest BCUT2D eigenvalue weighted by Gasteiger charge is 2.36. The number of hydrogen-bond donors (Lipinski definition) is 1. The first-order valence-corrected chi connectivity index (χ1v) is 7.94. The van der Waals surface area contributed by atoms with Crippen LogP contribution in [0.3, 0.4) is 0 Å². The van der Waals surface area contributed by atoms with Gasteiger partial charge in [-0.15, -0.1) is 0 Å². The van der Waals surface area contributed by atoms with Crippen LogP contribution in [0, 0.1) is 0 Å². The summed E-state index contributed by atoms with van der Waals surface area (Å²) in [7, 11) is 0. The number of carbonyl (C=O) groups is 1. The Bertz CT molecular complexity index is 657. The quantitative estimate of drug-likeness (QED) is 0.909. The second-order valence-corrected chi connectivity index (χ2v) is 6.22. The van der Waals surface area contributed by atoms with Gasteiger partial charge in [-0.1, -0.05) is 46.3 Å². The maximum Gasteiger partial charge on any atom is 0.235 e. The Morgan fingerprint density at radius 1 is 1.14 bits per heavy atom. The predicted octanol–water partition coefficient (Wildman–Crippen LogP) is 2.71. The summed E-state index contributed by atoms with van der Waals surface area (Å²) < 4.78 is 1.02. The van der Waals surface area contributed by atoms with E-state index in [1.165, 1.54) is 0 Å². The van der Waals surface area contributed by atoms with E-state index >= 15 is 0 Å². The standard InChI is InChI=1S/C17H17BrN2O/c18-13-6-7-16-15(10-13)14(8-9-19)17(21)20(16)11-12-4-2-1-3-5-12/h1-7,10,14H,8-9,11,19H2/p+1/t14-/m1/s1. The predicted molar refractivity (Wildman–Crippen MR) is 86.9 cm³/mol. The van der Waals surface area contributed by atoms with Crippen LogP contribution in [0.25, 0.3) is 0 Å². The fourth-order valence-electron chi connectivity index (χ4n) is 2.90. The van der Waals surface area contributed by atoms with Crippen LogP contribution in [0.1, 0.15) is 23.5 Å². The molecule has 2 aromatic rings. The van der Waals surface area contributed by atoms with Crippen LogP contribution in [0.5, 0.6) is 0 Å². The molecule has 0 radical (unpaired) electrons. The Morgan fingerprint density at radius 3 is 2.62 bits per heavy atom. The molecule has 1 aliphatic heterocycles. The van der Waals surface area contributed by atoms with Gasteiger partial charge in [-0.05, 0) is 29.3 Å². The zero-order valence-corrected chi connectivity index (χ0v) is 13.3. The van der Waals surface area contributed by atoms with Crippen molar-refractivity contribution >= 4 is 27.5 Å². The van der Waals surface area contributed by atoms with Crippen LogP contribution in [-0.2, 0) is 11.3 Å². The number of halogens is 1. The third-order valence-corrected chi connectivity index (χ3v) is 4.39. The van der Waals surface area contributed by atoms with Crippen molar-refractivity contribution in [3.05, 3.63) is 64.1 Å². The molecule has 1 atom stereocenters. The first kappa shape index (κ1) is 14.3. The van der Waals surface area contributed by atoms with E-state index < -0.39 is 0 Å². The molecule has 0 aliphatic carbocycles. The minimum atomic E-state index is -0.0567. The fourth-order valence-corrected chi connectivity index (χ4v) is 3.28. The van der Waals surface area contributed by atoms with Crippen LogP contribution >= 0.6 is 15.9 Å². The average molecular weight is 346 g/mol. The number of amides is 1. The van der Waals surface area contributed by atoms with Crippen LogP contribution in [0.4, 0.5) is 5.69 Å². The molecular weight excluding hydrogens is 328 g/mol. The number of quaternary nitrogens is 1. The molecular formula is C17H18BrN2O+. The molecule has 0 saturated carbocycles. The Labute approximate surface area is 132 Å². The molecule has 3 rings (SSSR count). The summed E-state index contributed by atoms with van der Waals surface area (Å²) in [6, 6.07) is 16.2. The molecule has 0 aromatic heterocycles. The van der Waals surface area contributed by atoms with Gasteiger partial charge in [0.2, 0.25) is 5.91 Å². The Kier molecular flexibility index (Phi) is 4.08. The fraction of sp³-hybridized carbons (Fsp3) is 0.235. The number of nitrogens with zero attached hydrogens (tertiary/aromatic N) is 1. The number of carbonyl (C=O) groups excluding carboxylic acids is 1. The highest BCUT2D eigenvalue weighted by molar-refractivity contribution is 9.10. The van der Waals surface area contributed by atoms with E-state index in [0.717, 1.165) is 34.3 Å². The second kappa shape index (κ2) is 6.00. The Balaban J connectivity index is 1.97. The molecule has 0 unspecified atom stereocenters. The second-order valence-electron chi connectivity index (χ2n) is 5.31. The van der Waals surface area contributed by atoms with Gasteiger partial charge in [0.05, 0.1) is 19.0 Å². The van der Waals surface area contributed by atoms with Crippen molar-refractivity contribution in [2.45, 2.75) is 18.9 Å². The van der Waals surface area contributed by atoms with Gasteiger partial charge in [0.1, 0.15) is 0 Å². The highest BCUT2D eigenvalue weighted by atomic mass is 79.9. The molecule has 2 aromatic carbocycles. The summed E-state index contributed by atoms with van der Waals surface area (Å²) in [5.74, 6) is 0.134. The molecule has 0 spiro atoms. The number of benzene rings is 2. The van der Waals surface area contributed by atoms with E-state index in [9.17, 15) is 4.79 Å². The molecule has 0 saturated heterocycles. The molecule has 0 bridgehead atoms. The third kappa shape index (κ3) is 2.74. The van der Waals surface area contributed by atoms with Crippen molar-refractivity contribution < 1.29 is 10.5 Å². The normalized spacial score (nSPS) is 17.1. The lowest BCUT2D eigenvalue weighted by molar-refractivity contribution is -0.368. The summed E-state index contributed by atoms with van der Waals surface area (Å²) in [5.41, 5.74) is 7.21. The maximum absolute atomic E-state index is 12.8. The van der Waals surface area contributed by atoms with Crippen LogP contribution in [-0.4, -0.2) is 12.5 Å². The summed E-state index contributed by atoms with van der Waals surface area (Å²) in [4.78, 5) is 14.7. The van der Waals surface area contributed by atoms with Crippen LogP contribution in [0.15, 0.2) is 53.0 Å². The van der Waals surface area contributed by atoms with Crippen molar-refractivity contribution in [1.82, 2.24) is 0 Å². The number of hydrogen-bond acceptors (Lipinski definition) is 1. The SMILES string of the molecule is [NH3+]CC[C@H]1C(=O)N(Cc2ccccc2)c2ccc(Br)cc21. The van der Waals surface area contributed by atoms with Crippen molar-refractivity contribution in [3.8, 4) is 0 Å². The smallest absolute Gasteiger partial charge is 0.235 e. The molecule has 21 heavy (non-hydrogen) atoms. The molecule has 1 aliphatic rings.